The lowest BCUT2D eigenvalue weighted by Gasteiger charge is -2.26. The van der Waals surface area contributed by atoms with Gasteiger partial charge in [0.05, 0.1) is 7.11 Å². The Bertz CT molecular complexity index is 495. The third-order valence-corrected chi connectivity index (χ3v) is 5.50. The second kappa shape index (κ2) is 5.81. The third kappa shape index (κ3) is 3.30. The highest BCUT2D eigenvalue weighted by atomic mass is 32.2. The van der Waals surface area contributed by atoms with Crippen molar-refractivity contribution in [1.82, 2.24) is 4.72 Å². The van der Waals surface area contributed by atoms with E-state index in [1.165, 1.54) is 20.1 Å². The zero-order chi connectivity index (χ0) is 13.8. The first kappa shape index (κ1) is 15.1. The Kier molecular flexibility index (Phi) is 4.89. The van der Waals surface area contributed by atoms with Crippen molar-refractivity contribution in [3.05, 3.63) is 17.5 Å². The molecule has 1 aromatic rings. The van der Waals surface area contributed by atoms with Crippen LogP contribution in [0.15, 0.2) is 21.7 Å². The minimum Gasteiger partial charge on any atom is -0.468 e. The van der Waals surface area contributed by atoms with Crippen molar-refractivity contribution in [3.8, 4) is 0 Å². The van der Waals surface area contributed by atoms with Crippen LogP contribution in [0.3, 0.4) is 0 Å². The van der Waals surface area contributed by atoms with E-state index in [-0.39, 0.29) is 4.21 Å². The number of carbonyl (C=O) groups excluding carboxylic acids is 1. The summed E-state index contributed by atoms with van der Waals surface area (Å²) >= 11 is 1.11. The molecule has 0 spiro atoms. The molecule has 18 heavy (non-hydrogen) atoms. The van der Waals surface area contributed by atoms with Crippen molar-refractivity contribution >= 4 is 27.3 Å². The molecular formula is C11H17NO4S2. The standard InChI is InChI=1S/C11H17NO4S2/c1-4-7-11(2,10(13)16-3)12-18(14,15)9-6-5-8-17-9/h5-6,8,12H,4,7H2,1-3H3. The summed E-state index contributed by atoms with van der Waals surface area (Å²) in [5.74, 6) is -0.579. The van der Waals surface area contributed by atoms with Crippen molar-refractivity contribution in [2.75, 3.05) is 7.11 Å². The molecule has 0 aliphatic carbocycles. The van der Waals surface area contributed by atoms with Gasteiger partial charge in [0.25, 0.3) is 10.0 Å². The van der Waals surface area contributed by atoms with Gasteiger partial charge in [-0.1, -0.05) is 19.4 Å². The van der Waals surface area contributed by atoms with Crippen LogP contribution in [0.2, 0.25) is 0 Å². The van der Waals surface area contributed by atoms with Crippen molar-refractivity contribution in [2.24, 2.45) is 0 Å². The molecule has 102 valence electrons. The zero-order valence-electron chi connectivity index (χ0n) is 10.6. The van der Waals surface area contributed by atoms with Crippen LogP contribution in [-0.4, -0.2) is 27.0 Å². The van der Waals surface area contributed by atoms with Gasteiger partial charge in [0.1, 0.15) is 9.75 Å². The van der Waals surface area contributed by atoms with Crippen LogP contribution >= 0.6 is 11.3 Å². The minimum absolute atomic E-state index is 0.189. The Morgan fingerprint density at radius 1 is 1.56 bits per heavy atom. The van der Waals surface area contributed by atoms with Gasteiger partial charge in [0.2, 0.25) is 0 Å². The second-order valence-electron chi connectivity index (χ2n) is 4.11. The van der Waals surface area contributed by atoms with E-state index in [4.69, 9.17) is 0 Å². The average molecular weight is 291 g/mol. The van der Waals surface area contributed by atoms with Gasteiger partial charge in [-0.15, -0.1) is 11.3 Å². The predicted molar refractivity (Wildman–Crippen MR) is 70.0 cm³/mol. The summed E-state index contributed by atoms with van der Waals surface area (Å²) in [5.41, 5.74) is -1.23. The van der Waals surface area contributed by atoms with E-state index in [1.807, 2.05) is 6.92 Å². The van der Waals surface area contributed by atoms with Crippen LogP contribution in [0.4, 0.5) is 0 Å². The van der Waals surface area contributed by atoms with Crippen LogP contribution in [0, 0.1) is 0 Å². The molecule has 1 N–H and O–H groups in total. The lowest BCUT2D eigenvalue weighted by Crippen LogP contribution is -2.52. The summed E-state index contributed by atoms with van der Waals surface area (Å²) < 4.78 is 31.5. The molecule has 1 atom stereocenters. The van der Waals surface area contributed by atoms with Gasteiger partial charge in [0, 0.05) is 0 Å². The number of sulfonamides is 1. The normalized spacial score (nSPS) is 15.1. The van der Waals surface area contributed by atoms with Gasteiger partial charge in [0.15, 0.2) is 0 Å². The van der Waals surface area contributed by atoms with E-state index >= 15 is 0 Å². The summed E-state index contributed by atoms with van der Waals surface area (Å²) in [6.07, 6.45) is 1.04. The van der Waals surface area contributed by atoms with E-state index in [9.17, 15) is 13.2 Å². The summed E-state index contributed by atoms with van der Waals surface area (Å²) in [6, 6.07) is 3.14. The van der Waals surface area contributed by atoms with E-state index in [0.29, 0.717) is 12.8 Å². The lowest BCUT2D eigenvalue weighted by molar-refractivity contribution is -0.147. The van der Waals surface area contributed by atoms with Gasteiger partial charge < -0.3 is 4.74 Å². The monoisotopic (exact) mass is 291 g/mol. The van der Waals surface area contributed by atoms with Crippen LogP contribution in [0.5, 0.6) is 0 Å². The molecule has 0 amide bonds. The second-order valence-corrected chi connectivity index (χ2v) is 6.97. The fourth-order valence-corrected chi connectivity index (χ4v) is 4.07. The van der Waals surface area contributed by atoms with Gasteiger partial charge in [-0.2, -0.15) is 4.72 Å². The number of rotatable bonds is 6. The van der Waals surface area contributed by atoms with Crippen molar-refractivity contribution in [1.29, 1.82) is 0 Å². The molecule has 0 aromatic carbocycles. The van der Waals surface area contributed by atoms with Gasteiger partial charge >= 0.3 is 5.97 Å². The van der Waals surface area contributed by atoms with Gasteiger partial charge in [-0.3, -0.25) is 4.79 Å². The highest BCUT2D eigenvalue weighted by Gasteiger charge is 2.38. The third-order valence-electron chi connectivity index (χ3n) is 2.51. The highest BCUT2D eigenvalue weighted by Crippen LogP contribution is 2.21. The number of methoxy groups -OCH3 is 1. The number of carbonyl (C=O) groups is 1. The van der Waals surface area contributed by atoms with E-state index in [2.05, 4.69) is 9.46 Å². The Balaban J connectivity index is 3.01. The molecule has 0 bridgehead atoms. The quantitative estimate of drug-likeness (QED) is 0.811. The van der Waals surface area contributed by atoms with E-state index < -0.39 is 21.5 Å². The molecule has 0 fully saturated rings. The van der Waals surface area contributed by atoms with Gasteiger partial charge in [-0.25, -0.2) is 8.42 Å². The number of ether oxygens (including phenoxy) is 1. The Labute approximate surface area is 111 Å². The Hall–Kier alpha value is -0.920. The molecule has 0 saturated carbocycles. The van der Waals surface area contributed by atoms with Crippen molar-refractivity contribution in [2.45, 2.75) is 36.4 Å². The van der Waals surface area contributed by atoms with Crippen molar-refractivity contribution in [3.63, 3.8) is 0 Å². The fourth-order valence-electron chi connectivity index (χ4n) is 1.68. The fraction of sp³-hybridized carbons (Fsp3) is 0.545. The molecule has 1 heterocycles. The molecule has 1 rings (SSSR count). The van der Waals surface area contributed by atoms with Crippen LogP contribution in [0.1, 0.15) is 26.7 Å². The number of thiophene rings is 1. The first-order chi connectivity index (χ1) is 8.35. The molecule has 1 aromatic heterocycles. The molecule has 1 unspecified atom stereocenters. The Morgan fingerprint density at radius 3 is 2.67 bits per heavy atom. The maximum Gasteiger partial charge on any atom is 0.326 e. The molecule has 7 heteroatoms. The number of hydrogen-bond acceptors (Lipinski definition) is 5. The lowest BCUT2D eigenvalue weighted by atomic mass is 9.98. The summed E-state index contributed by atoms with van der Waals surface area (Å²) in [4.78, 5) is 11.7. The largest absolute Gasteiger partial charge is 0.468 e. The smallest absolute Gasteiger partial charge is 0.326 e. The molecule has 0 radical (unpaired) electrons. The predicted octanol–water partition coefficient (Wildman–Crippen LogP) is 1.76. The molecular weight excluding hydrogens is 274 g/mol. The van der Waals surface area contributed by atoms with E-state index in [0.717, 1.165) is 11.3 Å². The van der Waals surface area contributed by atoms with Crippen LogP contribution in [-0.2, 0) is 19.6 Å². The van der Waals surface area contributed by atoms with Crippen molar-refractivity contribution < 1.29 is 17.9 Å². The molecule has 0 aliphatic heterocycles. The zero-order valence-corrected chi connectivity index (χ0v) is 12.2. The number of nitrogens with one attached hydrogen (secondary N) is 1. The van der Waals surface area contributed by atoms with Crippen LogP contribution in [0.25, 0.3) is 0 Å². The summed E-state index contributed by atoms with van der Waals surface area (Å²) in [6.45, 7) is 3.41. The topological polar surface area (TPSA) is 72.5 Å². The summed E-state index contributed by atoms with van der Waals surface area (Å²) in [7, 11) is -2.44. The van der Waals surface area contributed by atoms with E-state index in [1.54, 1.807) is 11.4 Å². The summed E-state index contributed by atoms with van der Waals surface area (Å²) in [5, 5.41) is 1.67. The van der Waals surface area contributed by atoms with Crippen LogP contribution < -0.4 is 4.72 Å². The Morgan fingerprint density at radius 2 is 2.22 bits per heavy atom. The number of hydrogen-bond donors (Lipinski definition) is 1. The SMILES string of the molecule is CCCC(C)(NS(=O)(=O)c1cccs1)C(=O)OC. The first-order valence-electron chi connectivity index (χ1n) is 5.51. The van der Waals surface area contributed by atoms with Gasteiger partial charge in [-0.05, 0) is 24.8 Å². The maximum atomic E-state index is 12.1. The highest BCUT2D eigenvalue weighted by molar-refractivity contribution is 7.91. The molecule has 5 nitrogen and oxygen atoms in total. The first-order valence-corrected chi connectivity index (χ1v) is 7.88. The maximum absolute atomic E-state index is 12.1. The minimum atomic E-state index is -3.68. The average Bonchev–Trinajstić information content (AvgIpc) is 2.81. The molecule has 0 aliphatic rings. The molecule has 0 saturated heterocycles. The number of esters is 1.